The third-order valence-electron chi connectivity index (χ3n) is 8.17. The third kappa shape index (κ3) is 6.99. The first-order valence-corrected chi connectivity index (χ1v) is 18.1. The van der Waals surface area contributed by atoms with Crippen molar-refractivity contribution in [2.75, 3.05) is 0 Å². The molecule has 0 unspecified atom stereocenters. The van der Waals surface area contributed by atoms with Crippen LogP contribution in [0.3, 0.4) is 0 Å². The largest absolute Gasteiger partial charge is 0.387 e. The van der Waals surface area contributed by atoms with E-state index in [0.717, 1.165) is 0 Å². The Morgan fingerprint density at radius 2 is 0.646 bits per heavy atom. The normalized spacial score (nSPS) is 26.3. The van der Waals surface area contributed by atoms with E-state index in [4.69, 9.17) is 18.1 Å². The highest BCUT2D eigenvalue weighted by Gasteiger charge is 2.82. The van der Waals surface area contributed by atoms with Crippen LogP contribution in [0, 0.1) is 0 Å². The Morgan fingerprint density at radius 3 is 0.854 bits per heavy atom. The zero-order valence-corrected chi connectivity index (χ0v) is 27.5. The summed E-state index contributed by atoms with van der Waals surface area (Å²) in [6, 6.07) is 32.9. The SMILES string of the molecule is O=P(OCc1ccccc1)(OCc1ccccc1)[C@]1(O)[C@H](O)[C@H](O)[C@H](O)[C@@H](O)[C@@]1(O)P(=O)(OCc1ccccc1)OCc1ccccc1. The van der Waals surface area contributed by atoms with E-state index in [-0.39, 0.29) is 0 Å². The van der Waals surface area contributed by atoms with Crippen molar-refractivity contribution in [1.29, 1.82) is 0 Å². The molecule has 1 saturated carbocycles. The second kappa shape index (κ2) is 15.2. The molecule has 0 spiro atoms. The Hall–Kier alpha value is -3.06. The van der Waals surface area contributed by atoms with Gasteiger partial charge in [0.25, 0.3) is 0 Å². The van der Waals surface area contributed by atoms with Gasteiger partial charge in [-0.3, -0.25) is 9.13 Å². The highest BCUT2D eigenvalue weighted by Crippen LogP contribution is 2.77. The molecule has 0 radical (unpaired) electrons. The van der Waals surface area contributed by atoms with Crippen LogP contribution in [0.4, 0.5) is 0 Å². The zero-order valence-electron chi connectivity index (χ0n) is 25.7. The van der Waals surface area contributed by atoms with E-state index in [1.807, 2.05) is 0 Å². The Labute approximate surface area is 277 Å². The topological polar surface area (TPSA) is 192 Å². The summed E-state index contributed by atoms with van der Waals surface area (Å²) >= 11 is 0. The molecule has 4 aromatic carbocycles. The molecule has 6 N–H and O–H groups in total. The van der Waals surface area contributed by atoms with E-state index in [0.29, 0.717) is 22.3 Å². The molecule has 12 nitrogen and oxygen atoms in total. The summed E-state index contributed by atoms with van der Waals surface area (Å²) in [7, 11) is -11.0. The van der Waals surface area contributed by atoms with Crippen molar-refractivity contribution in [1.82, 2.24) is 0 Å². The Morgan fingerprint density at radius 1 is 0.438 bits per heavy atom. The molecule has 1 fully saturated rings. The number of rotatable bonds is 14. The van der Waals surface area contributed by atoms with Crippen LogP contribution >= 0.6 is 15.2 Å². The van der Waals surface area contributed by atoms with Crippen LogP contribution in [0.15, 0.2) is 121 Å². The molecule has 48 heavy (non-hydrogen) atoms. The Bertz CT molecular complexity index is 1480. The van der Waals surface area contributed by atoms with Crippen LogP contribution in [-0.4, -0.2) is 65.7 Å². The smallest absolute Gasteiger partial charge is 0.369 e. The fourth-order valence-electron chi connectivity index (χ4n) is 5.42. The lowest BCUT2D eigenvalue weighted by Gasteiger charge is -2.56. The van der Waals surface area contributed by atoms with Crippen molar-refractivity contribution < 1.29 is 57.9 Å². The van der Waals surface area contributed by atoms with Gasteiger partial charge in [0, 0.05) is 0 Å². The van der Waals surface area contributed by atoms with E-state index in [9.17, 15) is 30.6 Å². The van der Waals surface area contributed by atoms with Gasteiger partial charge in [0.05, 0.1) is 26.4 Å². The fourth-order valence-corrected chi connectivity index (χ4v) is 10.4. The Kier molecular flexibility index (Phi) is 11.5. The zero-order chi connectivity index (χ0) is 34.4. The molecule has 0 aromatic heterocycles. The minimum absolute atomic E-state index is 0.420. The maximum Gasteiger partial charge on any atom is 0.369 e. The summed E-state index contributed by atoms with van der Waals surface area (Å²) in [5, 5.41) is 62.1. The first kappa shape index (κ1) is 36.2. The van der Waals surface area contributed by atoms with Gasteiger partial charge in [-0.2, -0.15) is 0 Å². The molecule has 0 bridgehead atoms. The molecule has 0 amide bonds. The summed E-state index contributed by atoms with van der Waals surface area (Å²) in [4.78, 5) is 0. The fraction of sp³-hybridized carbons (Fsp3) is 0.294. The molecule has 1 aliphatic rings. The van der Waals surface area contributed by atoms with Gasteiger partial charge in [0.1, 0.15) is 24.4 Å². The number of benzene rings is 4. The number of hydrogen-bond donors (Lipinski definition) is 6. The molecule has 0 heterocycles. The van der Waals surface area contributed by atoms with Crippen molar-refractivity contribution in [3.8, 4) is 0 Å². The lowest BCUT2D eigenvalue weighted by Crippen LogP contribution is -2.77. The van der Waals surface area contributed by atoms with Crippen molar-refractivity contribution >= 4 is 15.2 Å². The molecule has 0 saturated heterocycles. The van der Waals surface area contributed by atoms with Crippen LogP contribution in [0.2, 0.25) is 0 Å². The molecule has 256 valence electrons. The molecule has 1 aliphatic carbocycles. The molecule has 0 aliphatic heterocycles. The van der Waals surface area contributed by atoms with Gasteiger partial charge in [-0.1, -0.05) is 121 Å². The molecule has 4 aromatic rings. The van der Waals surface area contributed by atoms with Crippen LogP contribution in [0.5, 0.6) is 0 Å². The first-order valence-electron chi connectivity index (χ1n) is 15.1. The average Bonchev–Trinajstić information content (AvgIpc) is 3.13. The number of aliphatic hydroxyl groups is 6. The highest BCUT2D eigenvalue weighted by atomic mass is 31.2. The van der Waals surface area contributed by atoms with Crippen molar-refractivity contribution in [2.45, 2.75) is 61.5 Å². The van der Waals surface area contributed by atoms with Gasteiger partial charge < -0.3 is 48.7 Å². The van der Waals surface area contributed by atoms with Gasteiger partial charge in [0.2, 0.25) is 10.7 Å². The van der Waals surface area contributed by atoms with Crippen LogP contribution in [-0.2, 0) is 53.7 Å². The molecule has 6 atom stereocenters. The third-order valence-corrected chi connectivity index (χ3v) is 13.1. The predicted molar refractivity (Wildman–Crippen MR) is 174 cm³/mol. The van der Waals surface area contributed by atoms with E-state index in [1.165, 1.54) is 0 Å². The Balaban J connectivity index is 1.66. The van der Waals surface area contributed by atoms with E-state index >= 15 is 9.13 Å². The monoisotopic (exact) mass is 700 g/mol. The molecule has 14 heteroatoms. The minimum Gasteiger partial charge on any atom is -0.387 e. The number of hydrogen-bond acceptors (Lipinski definition) is 12. The highest BCUT2D eigenvalue weighted by molar-refractivity contribution is 7.60. The van der Waals surface area contributed by atoms with Crippen molar-refractivity contribution in [3.05, 3.63) is 144 Å². The van der Waals surface area contributed by atoms with Crippen LogP contribution in [0.25, 0.3) is 0 Å². The average molecular weight is 701 g/mol. The van der Waals surface area contributed by atoms with E-state index in [1.54, 1.807) is 121 Å². The standard InChI is InChI=1S/C34H38O12P2/c35-29-30(36)32(38)34(40,48(42,45-23-27-17-9-3-10-18-27)46-24-28-19-11-4-12-20-28)33(39,31(29)37)47(41,43-21-25-13-5-1-6-14-25)44-22-26-15-7-2-8-16-26/h1-20,29-32,35-40H,21-24H2/t29-,30+,31-,32-,33-,34-/m1/s1. The predicted octanol–water partition coefficient (Wildman–Crippen LogP) is 4.07. The van der Waals surface area contributed by atoms with Gasteiger partial charge in [-0.25, -0.2) is 0 Å². The summed E-state index contributed by atoms with van der Waals surface area (Å²) < 4.78 is 53.1. The molecular formula is C34H38O12P2. The quantitative estimate of drug-likeness (QED) is 0.104. The summed E-state index contributed by atoms with van der Waals surface area (Å²) in [5.41, 5.74) is 1.68. The number of aliphatic hydroxyl groups excluding tert-OH is 4. The van der Waals surface area contributed by atoms with Gasteiger partial charge in [-0.05, 0) is 22.3 Å². The second-order valence-corrected chi connectivity index (χ2v) is 15.7. The van der Waals surface area contributed by atoms with Crippen molar-refractivity contribution in [3.63, 3.8) is 0 Å². The maximum atomic E-state index is 15.1. The lowest BCUT2D eigenvalue weighted by atomic mass is 9.83. The summed E-state index contributed by atoms with van der Waals surface area (Å²) in [6.07, 6.45) is -10.5. The maximum absolute atomic E-state index is 15.1. The molecular weight excluding hydrogens is 662 g/mol. The van der Waals surface area contributed by atoms with Crippen molar-refractivity contribution in [2.24, 2.45) is 0 Å². The van der Waals surface area contributed by atoms with Crippen LogP contribution in [0.1, 0.15) is 22.3 Å². The van der Waals surface area contributed by atoms with Crippen LogP contribution < -0.4 is 0 Å². The molecule has 5 rings (SSSR count). The lowest BCUT2D eigenvalue weighted by molar-refractivity contribution is -0.267. The minimum atomic E-state index is -5.51. The first-order chi connectivity index (χ1) is 22.9. The van der Waals surface area contributed by atoms with Gasteiger partial charge in [0.15, 0.2) is 0 Å². The van der Waals surface area contributed by atoms with E-state index in [2.05, 4.69) is 0 Å². The van der Waals surface area contributed by atoms with Gasteiger partial charge in [-0.15, -0.1) is 0 Å². The second-order valence-electron chi connectivity index (χ2n) is 11.4. The summed E-state index contributed by atoms with van der Waals surface area (Å²) in [5.74, 6) is 0. The van der Waals surface area contributed by atoms with Gasteiger partial charge >= 0.3 is 15.2 Å². The summed E-state index contributed by atoms with van der Waals surface area (Å²) in [6.45, 7) is -2.14. The van der Waals surface area contributed by atoms with E-state index < -0.39 is 76.7 Å².